The molecule has 1 aromatic heterocycles. The number of para-hydroxylation sites is 2. The van der Waals surface area contributed by atoms with Gasteiger partial charge in [0.05, 0.1) is 18.1 Å². The Morgan fingerprint density at radius 1 is 1.26 bits per heavy atom. The molecule has 0 saturated carbocycles. The molecule has 2 rings (SSSR count). The quantitative estimate of drug-likeness (QED) is 0.836. The van der Waals surface area contributed by atoms with Gasteiger partial charge in [-0.05, 0) is 18.6 Å². The molecule has 1 aromatic carbocycles. The van der Waals surface area contributed by atoms with Crippen LogP contribution in [-0.4, -0.2) is 22.2 Å². The Labute approximate surface area is 111 Å². The van der Waals surface area contributed by atoms with Crippen molar-refractivity contribution in [1.82, 2.24) is 9.13 Å². The second kappa shape index (κ2) is 5.73. The van der Waals surface area contributed by atoms with Gasteiger partial charge in [0.25, 0.3) is 0 Å². The number of methoxy groups -OCH3 is 1. The lowest BCUT2D eigenvalue weighted by atomic mass is 10.3. The Morgan fingerprint density at radius 3 is 2.47 bits per heavy atom. The van der Waals surface area contributed by atoms with E-state index in [-0.39, 0.29) is 12.5 Å². The first kappa shape index (κ1) is 13.4. The zero-order chi connectivity index (χ0) is 13.8. The molecular formula is C14H19N3O2. The molecule has 0 bridgehead atoms. The summed E-state index contributed by atoms with van der Waals surface area (Å²) >= 11 is 0. The molecule has 102 valence electrons. The van der Waals surface area contributed by atoms with Crippen LogP contribution in [0.15, 0.2) is 24.3 Å². The van der Waals surface area contributed by atoms with Crippen LogP contribution in [0.3, 0.4) is 0 Å². The molecule has 0 aliphatic rings. The standard InChI is InChI=1S/C14H19N3O2/c1-3-4-9-16-11-7-5-6-8-12(11)17(14(16)15)10-13(18)19-2/h5-8,15H,3-4,9-10H2,1-2H3. The molecule has 0 radical (unpaired) electrons. The number of hydrogen-bond acceptors (Lipinski definition) is 3. The Bertz CT molecular complexity index is 640. The van der Waals surface area contributed by atoms with Crippen LogP contribution >= 0.6 is 0 Å². The summed E-state index contributed by atoms with van der Waals surface area (Å²) in [7, 11) is 1.36. The summed E-state index contributed by atoms with van der Waals surface area (Å²) in [5, 5.41) is 8.24. The number of carbonyl (C=O) groups excluding carboxylic acids is 1. The van der Waals surface area contributed by atoms with Crippen LogP contribution < -0.4 is 5.62 Å². The molecule has 0 amide bonds. The molecule has 0 aliphatic heterocycles. The smallest absolute Gasteiger partial charge is 0.325 e. The predicted octanol–water partition coefficient (Wildman–Crippen LogP) is 1.90. The lowest BCUT2D eigenvalue weighted by Crippen LogP contribution is -2.27. The number of fused-ring (bicyclic) bond motifs is 1. The fourth-order valence-corrected chi connectivity index (χ4v) is 2.19. The van der Waals surface area contributed by atoms with E-state index in [1.807, 2.05) is 28.8 Å². The van der Waals surface area contributed by atoms with Gasteiger partial charge in [-0.15, -0.1) is 0 Å². The maximum Gasteiger partial charge on any atom is 0.325 e. The Balaban J connectivity index is 2.54. The maximum atomic E-state index is 11.5. The number of unbranched alkanes of at least 4 members (excludes halogenated alkanes) is 1. The van der Waals surface area contributed by atoms with E-state index in [1.54, 1.807) is 4.57 Å². The highest BCUT2D eigenvalue weighted by Crippen LogP contribution is 2.13. The third kappa shape index (κ3) is 2.54. The van der Waals surface area contributed by atoms with Crippen LogP contribution in [0.4, 0.5) is 0 Å². The van der Waals surface area contributed by atoms with E-state index in [4.69, 9.17) is 10.1 Å². The van der Waals surface area contributed by atoms with E-state index in [0.29, 0.717) is 5.62 Å². The summed E-state index contributed by atoms with van der Waals surface area (Å²) in [6, 6.07) is 7.78. The summed E-state index contributed by atoms with van der Waals surface area (Å²) in [6.07, 6.45) is 2.09. The number of aryl methyl sites for hydroxylation is 1. The minimum Gasteiger partial charge on any atom is -0.468 e. The monoisotopic (exact) mass is 261 g/mol. The van der Waals surface area contributed by atoms with Gasteiger partial charge in [-0.3, -0.25) is 14.8 Å². The lowest BCUT2D eigenvalue weighted by Gasteiger charge is -2.03. The first-order valence-electron chi connectivity index (χ1n) is 6.48. The zero-order valence-electron chi connectivity index (χ0n) is 11.3. The van der Waals surface area contributed by atoms with Crippen molar-refractivity contribution in [3.63, 3.8) is 0 Å². The van der Waals surface area contributed by atoms with E-state index < -0.39 is 0 Å². The number of imidazole rings is 1. The van der Waals surface area contributed by atoms with E-state index in [9.17, 15) is 4.79 Å². The molecule has 0 aliphatic carbocycles. The Kier molecular flexibility index (Phi) is 4.04. The second-order valence-electron chi connectivity index (χ2n) is 4.48. The molecule has 0 fully saturated rings. The third-order valence-corrected chi connectivity index (χ3v) is 3.22. The number of carbonyl (C=O) groups is 1. The van der Waals surface area contributed by atoms with E-state index in [0.717, 1.165) is 30.4 Å². The van der Waals surface area contributed by atoms with Crippen molar-refractivity contribution in [2.24, 2.45) is 0 Å². The van der Waals surface area contributed by atoms with E-state index in [2.05, 4.69) is 6.92 Å². The van der Waals surface area contributed by atoms with Gasteiger partial charge < -0.3 is 9.30 Å². The van der Waals surface area contributed by atoms with Crippen molar-refractivity contribution in [3.05, 3.63) is 29.9 Å². The largest absolute Gasteiger partial charge is 0.468 e. The number of rotatable bonds is 5. The van der Waals surface area contributed by atoms with E-state index in [1.165, 1.54) is 7.11 Å². The maximum absolute atomic E-state index is 11.5. The zero-order valence-corrected chi connectivity index (χ0v) is 11.3. The van der Waals surface area contributed by atoms with Crippen LogP contribution in [0, 0.1) is 5.41 Å². The van der Waals surface area contributed by atoms with Crippen LogP contribution in [-0.2, 0) is 22.6 Å². The number of ether oxygens (including phenoxy) is 1. The topological polar surface area (TPSA) is 60.0 Å². The highest BCUT2D eigenvalue weighted by molar-refractivity contribution is 5.78. The fourth-order valence-electron chi connectivity index (χ4n) is 2.19. The lowest BCUT2D eigenvalue weighted by molar-refractivity contribution is -0.141. The molecular weight excluding hydrogens is 242 g/mol. The molecule has 0 unspecified atom stereocenters. The van der Waals surface area contributed by atoms with Gasteiger partial charge >= 0.3 is 5.97 Å². The van der Waals surface area contributed by atoms with Crippen LogP contribution in [0.5, 0.6) is 0 Å². The molecule has 0 saturated heterocycles. The number of benzene rings is 1. The van der Waals surface area contributed by atoms with Gasteiger partial charge in [-0.2, -0.15) is 0 Å². The summed E-state index contributed by atoms with van der Waals surface area (Å²) < 4.78 is 8.33. The third-order valence-electron chi connectivity index (χ3n) is 3.22. The first-order valence-corrected chi connectivity index (χ1v) is 6.48. The molecule has 1 heterocycles. The number of hydrogen-bond donors (Lipinski definition) is 1. The highest BCUT2D eigenvalue weighted by Gasteiger charge is 2.12. The minimum atomic E-state index is -0.336. The fraction of sp³-hybridized carbons (Fsp3) is 0.429. The SMILES string of the molecule is CCCCn1c(=N)n(CC(=O)OC)c2ccccc21. The van der Waals surface area contributed by atoms with Crippen molar-refractivity contribution < 1.29 is 9.53 Å². The summed E-state index contributed by atoms with van der Waals surface area (Å²) in [6.45, 7) is 3.00. The molecule has 5 heteroatoms. The molecule has 1 N–H and O–H groups in total. The second-order valence-corrected chi connectivity index (χ2v) is 4.48. The van der Waals surface area contributed by atoms with E-state index >= 15 is 0 Å². The van der Waals surface area contributed by atoms with Crippen LogP contribution in [0.1, 0.15) is 19.8 Å². The van der Waals surface area contributed by atoms with Gasteiger partial charge in [0.1, 0.15) is 6.54 Å². The van der Waals surface area contributed by atoms with Crippen molar-refractivity contribution in [2.75, 3.05) is 7.11 Å². The van der Waals surface area contributed by atoms with Crippen molar-refractivity contribution in [1.29, 1.82) is 5.41 Å². The average Bonchev–Trinajstić information content (AvgIpc) is 2.70. The number of aromatic nitrogens is 2. The van der Waals surface area contributed by atoms with Gasteiger partial charge in [-0.25, -0.2) is 0 Å². The predicted molar refractivity (Wildman–Crippen MR) is 72.7 cm³/mol. The first-order chi connectivity index (χ1) is 9.19. The van der Waals surface area contributed by atoms with Crippen molar-refractivity contribution in [3.8, 4) is 0 Å². The molecule has 19 heavy (non-hydrogen) atoms. The summed E-state index contributed by atoms with van der Waals surface area (Å²) in [5.74, 6) is -0.336. The highest BCUT2D eigenvalue weighted by atomic mass is 16.5. The summed E-state index contributed by atoms with van der Waals surface area (Å²) in [5.41, 5.74) is 2.24. The Hall–Kier alpha value is -2.04. The van der Waals surface area contributed by atoms with Crippen molar-refractivity contribution in [2.45, 2.75) is 32.9 Å². The summed E-state index contributed by atoms with van der Waals surface area (Å²) in [4.78, 5) is 11.5. The molecule has 2 aromatic rings. The minimum absolute atomic E-state index is 0.0783. The van der Waals surface area contributed by atoms with Crippen molar-refractivity contribution >= 4 is 17.0 Å². The molecule has 0 atom stereocenters. The van der Waals surface area contributed by atoms with Crippen LogP contribution in [0.2, 0.25) is 0 Å². The number of nitrogens with zero attached hydrogens (tertiary/aromatic N) is 2. The van der Waals surface area contributed by atoms with Gasteiger partial charge in [0.15, 0.2) is 0 Å². The van der Waals surface area contributed by atoms with Crippen LogP contribution in [0.25, 0.3) is 11.0 Å². The average molecular weight is 261 g/mol. The van der Waals surface area contributed by atoms with Gasteiger partial charge in [-0.1, -0.05) is 25.5 Å². The normalized spacial score (nSPS) is 10.8. The number of nitrogens with one attached hydrogen (secondary N) is 1. The van der Waals surface area contributed by atoms with Gasteiger partial charge in [0, 0.05) is 6.54 Å². The number of esters is 1. The van der Waals surface area contributed by atoms with Gasteiger partial charge in [0.2, 0.25) is 5.62 Å². The molecule has 0 spiro atoms. The Morgan fingerprint density at radius 2 is 1.89 bits per heavy atom. The molecule has 5 nitrogen and oxygen atoms in total.